The number of fused-ring (bicyclic) bond motifs is 1. The van der Waals surface area contributed by atoms with Crippen molar-refractivity contribution in [1.29, 1.82) is 10.5 Å². The Labute approximate surface area is 126 Å². The molecular formula is C14H8Cl2N2S. The minimum absolute atomic E-state index is 0.350. The van der Waals surface area contributed by atoms with E-state index in [0.29, 0.717) is 14.9 Å². The molecule has 0 aliphatic heterocycles. The van der Waals surface area contributed by atoms with Crippen LogP contribution in [0.2, 0.25) is 10.0 Å². The summed E-state index contributed by atoms with van der Waals surface area (Å²) in [4.78, 5) is 0.636. The molecule has 0 bridgehead atoms. The summed E-state index contributed by atoms with van der Waals surface area (Å²) >= 11 is 17.4. The molecule has 0 fully saturated rings. The number of hydrogen-bond acceptors (Lipinski definition) is 3. The zero-order chi connectivity index (χ0) is 14.2. The van der Waals surface area contributed by atoms with Crippen LogP contribution in [0.1, 0.15) is 24.0 Å². The second-order valence-electron chi connectivity index (χ2n) is 4.14. The van der Waals surface area contributed by atoms with Crippen LogP contribution in [0.5, 0.6) is 0 Å². The van der Waals surface area contributed by atoms with Crippen molar-refractivity contribution in [2.45, 2.75) is 12.8 Å². The van der Waals surface area contributed by atoms with Crippen LogP contribution < -0.4 is 0 Å². The Bertz CT molecular complexity index is 666. The van der Waals surface area contributed by atoms with Crippen molar-refractivity contribution in [3.63, 3.8) is 0 Å². The molecule has 94 valence electrons. The molecule has 1 atom stereocenters. The SMILES string of the molecule is C/C=C1/C(=S)c2cc(Cl)c(Cl)cc2C1C(C#N)C#N. The van der Waals surface area contributed by atoms with Gasteiger partial charge in [0.2, 0.25) is 0 Å². The number of halogens is 2. The van der Waals surface area contributed by atoms with Gasteiger partial charge in [0.1, 0.15) is 5.92 Å². The summed E-state index contributed by atoms with van der Waals surface area (Å²) in [7, 11) is 0. The van der Waals surface area contributed by atoms with Gasteiger partial charge in [-0.15, -0.1) is 0 Å². The van der Waals surface area contributed by atoms with E-state index in [1.807, 2.05) is 25.1 Å². The van der Waals surface area contributed by atoms with Gasteiger partial charge in [-0.1, -0.05) is 41.5 Å². The Morgan fingerprint density at radius 2 is 1.84 bits per heavy atom. The molecule has 2 rings (SSSR count). The van der Waals surface area contributed by atoms with Crippen LogP contribution in [0.25, 0.3) is 0 Å². The fourth-order valence-corrected chi connectivity index (χ4v) is 3.09. The molecule has 1 unspecified atom stereocenters. The predicted octanol–water partition coefficient (Wildman–Crippen LogP) is 4.42. The first-order valence-corrected chi connectivity index (χ1v) is 6.70. The minimum Gasteiger partial charge on any atom is -0.197 e. The molecule has 5 heteroatoms. The maximum atomic E-state index is 9.13. The fraction of sp³-hybridized carbons (Fsp3) is 0.214. The molecule has 0 N–H and O–H groups in total. The second kappa shape index (κ2) is 5.31. The van der Waals surface area contributed by atoms with Crippen molar-refractivity contribution in [1.82, 2.24) is 0 Å². The molecule has 0 aromatic heterocycles. The maximum absolute atomic E-state index is 9.13. The van der Waals surface area contributed by atoms with Crippen molar-refractivity contribution < 1.29 is 0 Å². The van der Waals surface area contributed by atoms with E-state index in [1.165, 1.54) is 0 Å². The number of nitriles is 2. The molecule has 0 heterocycles. The monoisotopic (exact) mass is 306 g/mol. The van der Waals surface area contributed by atoms with Crippen molar-refractivity contribution >= 4 is 40.3 Å². The Balaban J connectivity index is 2.71. The summed E-state index contributed by atoms with van der Waals surface area (Å²) in [6.07, 6.45) is 1.84. The molecule has 0 spiro atoms. The molecule has 0 amide bonds. The highest BCUT2D eigenvalue weighted by Crippen LogP contribution is 2.45. The van der Waals surface area contributed by atoms with Crippen LogP contribution >= 0.6 is 35.4 Å². The van der Waals surface area contributed by atoms with Gasteiger partial charge in [-0.25, -0.2) is 0 Å². The van der Waals surface area contributed by atoms with Crippen LogP contribution in [-0.2, 0) is 0 Å². The molecule has 2 nitrogen and oxygen atoms in total. The molecule has 1 aliphatic carbocycles. The van der Waals surface area contributed by atoms with Crippen LogP contribution in [-0.4, -0.2) is 4.86 Å². The van der Waals surface area contributed by atoms with E-state index in [4.69, 9.17) is 45.9 Å². The first-order valence-electron chi connectivity index (χ1n) is 5.54. The largest absolute Gasteiger partial charge is 0.197 e. The van der Waals surface area contributed by atoms with Gasteiger partial charge in [0.25, 0.3) is 0 Å². The van der Waals surface area contributed by atoms with Gasteiger partial charge in [-0.05, 0) is 35.8 Å². The topological polar surface area (TPSA) is 47.6 Å². The van der Waals surface area contributed by atoms with E-state index in [9.17, 15) is 0 Å². The summed E-state index contributed by atoms with van der Waals surface area (Å²) in [6, 6.07) is 7.44. The second-order valence-corrected chi connectivity index (χ2v) is 5.36. The van der Waals surface area contributed by atoms with Gasteiger partial charge in [0, 0.05) is 10.8 Å². The summed E-state index contributed by atoms with van der Waals surface area (Å²) in [5.74, 6) is -1.14. The minimum atomic E-state index is -0.789. The van der Waals surface area contributed by atoms with E-state index in [-0.39, 0.29) is 5.92 Å². The average Bonchev–Trinajstić information content (AvgIpc) is 2.65. The number of benzene rings is 1. The zero-order valence-corrected chi connectivity index (χ0v) is 12.3. The van der Waals surface area contributed by atoms with E-state index in [0.717, 1.165) is 16.7 Å². The van der Waals surface area contributed by atoms with Gasteiger partial charge >= 0.3 is 0 Å². The summed E-state index contributed by atoms with van der Waals surface area (Å²) in [6.45, 7) is 1.84. The smallest absolute Gasteiger partial charge is 0.144 e. The number of hydrogen-bond donors (Lipinski definition) is 0. The van der Waals surface area contributed by atoms with Crippen molar-refractivity contribution in [3.8, 4) is 12.1 Å². The quantitative estimate of drug-likeness (QED) is 0.570. The van der Waals surface area contributed by atoms with Crippen LogP contribution in [0.15, 0.2) is 23.8 Å². The third kappa shape index (κ3) is 2.15. The Kier molecular flexibility index (Phi) is 3.92. The standard InChI is InChI=1S/C14H8Cl2N2S/c1-2-8-13(7(5-17)6-18)9-3-11(15)12(16)4-10(9)14(8)19/h2-4,7,13H,1H3/b8-2+. The van der Waals surface area contributed by atoms with Gasteiger partial charge in [-0.3, -0.25) is 0 Å². The highest BCUT2D eigenvalue weighted by Gasteiger charge is 2.37. The zero-order valence-electron chi connectivity index (χ0n) is 9.95. The van der Waals surface area contributed by atoms with E-state index in [1.54, 1.807) is 12.1 Å². The van der Waals surface area contributed by atoms with E-state index in [2.05, 4.69) is 0 Å². The normalized spacial score (nSPS) is 19.4. The van der Waals surface area contributed by atoms with Crippen LogP contribution in [0.4, 0.5) is 0 Å². The Morgan fingerprint density at radius 3 is 2.37 bits per heavy atom. The third-order valence-corrected chi connectivity index (χ3v) is 4.37. The van der Waals surface area contributed by atoms with Crippen molar-refractivity contribution in [3.05, 3.63) is 45.0 Å². The van der Waals surface area contributed by atoms with Gasteiger partial charge in [-0.2, -0.15) is 10.5 Å². The lowest BCUT2D eigenvalue weighted by molar-refractivity contribution is 0.727. The van der Waals surface area contributed by atoms with E-state index < -0.39 is 5.92 Å². The number of thiocarbonyl (C=S) groups is 1. The van der Waals surface area contributed by atoms with Crippen LogP contribution in [0, 0.1) is 28.6 Å². The van der Waals surface area contributed by atoms with Gasteiger partial charge < -0.3 is 0 Å². The molecule has 0 radical (unpaired) electrons. The molecule has 1 aromatic carbocycles. The van der Waals surface area contributed by atoms with Crippen molar-refractivity contribution in [2.24, 2.45) is 5.92 Å². The molecule has 1 aromatic rings. The highest BCUT2D eigenvalue weighted by molar-refractivity contribution is 7.81. The molecule has 0 saturated heterocycles. The first-order chi connectivity index (χ1) is 9.04. The van der Waals surface area contributed by atoms with E-state index >= 15 is 0 Å². The maximum Gasteiger partial charge on any atom is 0.144 e. The first kappa shape index (κ1) is 14.0. The van der Waals surface area contributed by atoms with Crippen molar-refractivity contribution in [2.75, 3.05) is 0 Å². The third-order valence-electron chi connectivity index (χ3n) is 3.19. The average molecular weight is 307 g/mol. The lowest BCUT2D eigenvalue weighted by atomic mass is 9.86. The number of nitrogens with zero attached hydrogens (tertiary/aromatic N) is 2. The fourth-order valence-electron chi connectivity index (χ4n) is 2.33. The highest BCUT2D eigenvalue weighted by atomic mass is 35.5. The molecule has 0 saturated carbocycles. The summed E-state index contributed by atoms with van der Waals surface area (Å²) < 4.78 is 0. The summed E-state index contributed by atoms with van der Waals surface area (Å²) in [5.41, 5.74) is 2.41. The van der Waals surface area contributed by atoms with Gasteiger partial charge in [0.05, 0.1) is 22.2 Å². The Hall–Kier alpha value is -1.39. The lowest BCUT2D eigenvalue weighted by Gasteiger charge is -2.13. The number of allylic oxidation sites excluding steroid dienone is 2. The number of rotatable bonds is 1. The van der Waals surface area contributed by atoms with Crippen LogP contribution in [0.3, 0.4) is 0 Å². The predicted molar refractivity (Wildman–Crippen MR) is 79.4 cm³/mol. The molecule has 19 heavy (non-hydrogen) atoms. The molecule has 1 aliphatic rings. The lowest BCUT2D eigenvalue weighted by Crippen LogP contribution is -2.09. The Morgan fingerprint density at radius 1 is 1.26 bits per heavy atom. The molecular weight excluding hydrogens is 299 g/mol. The summed E-state index contributed by atoms with van der Waals surface area (Å²) in [5, 5.41) is 19.1. The van der Waals surface area contributed by atoms with Gasteiger partial charge in [0.15, 0.2) is 0 Å².